The lowest BCUT2D eigenvalue weighted by atomic mass is 10.1. The van der Waals surface area contributed by atoms with Crippen LogP contribution in [0.3, 0.4) is 0 Å². The first-order valence-corrected chi connectivity index (χ1v) is 4.35. The Labute approximate surface area is 88.6 Å². The molecule has 1 aromatic heterocycles. The second-order valence-electron chi connectivity index (χ2n) is 2.56. The van der Waals surface area contributed by atoms with Gasteiger partial charge in [0, 0.05) is 0 Å². The third-order valence-electron chi connectivity index (χ3n) is 1.67. The van der Waals surface area contributed by atoms with Crippen molar-refractivity contribution in [2.24, 2.45) is 0 Å². The van der Waals surface area contributed by atoms with E-state index < -0.39 is 11.6 Å². The monoisotopic (exact) mass is 228 g/mol. The van der Waals surface area contributed by atoms with E-state index in [1.807, 2.05) is 0 Å². The van der Waals surface area contributed by atoms with Crippen LogP contribution >= 0.6 is 23.2 Å². The summed E-state index contributed by atoms with van der Waals surface area (Å²) in [6, 6.07) is 0. The van der Waals surface area contributed by atoms with Crippen LogP contribution in [0.15, 0.2) is 12.2 Å². The van der Waals surface area contributed by atoms with Crippen LogP contribution in [0.5, 0.6) is 0 Å². The van der Waals surface area contributed by atoms with E-state index in [1.165, 1.54) is 0 Å². The van der Waals surface area contributed by atoms with Gasteiger partial charge in [0.05, 0.1) is 0 Å². The molecule has 0 amide bonds. The fraction of sp³-hybridized carbons (Fsp3) is 0. The van der Waals surface area contributed by atoms with Gasteiger partial charge in [0.2, 0.25) is 11.6 Å². The average molecular weight is 229 g/mol. The van der Waals surface area contributed by atoms with Crippen LogP contribution in [0.25, 0.3) is 0 Å². The Kier molecular flexibility index (Phi) is 2.09. The SMILES string of the molecule is O=C1C=CC(=O)c2nc(Cl)c(Cl)nc21. The van der Waals surface area contributed by atoms with Gasteiger partial charge in [-0.3, -0.25) is 9.59 Å². The first-order chi connectivity index (χ1) is 6.59. The molecule has 0 aliphatic heterocycles. The zero-order valence-electron chi connectivity index (χ0n) is 6.62. The molecule has 0 fully saturated rings. The molecule has 1 aliphatic rings. The number of fused-ring (bicyclic) bond motifs is 1. The van der Waals surface area contributed by atoms with Crippen molar-refractivity contribution in [1.82, 2.24) is 9.97 Å². The smallest absolute Gasteiger partial charge is 0.206 e. The van der Waals surface area contributed by atoms with Gasteiger partial charge >= 0.3 is 0 Å². The number of carbonyl (C=O) groups is 2. The van der Waals surface area contributed by atoms with Gasteiger partial charge in [-0.05, 0) is 12.2 Å². The van der Waals surface area contributed by atoms with Crippen LogP contribution in [0.4, 0.5) is 0 Å². The van der Waals surface area contributed by atoms with Crippen molar-refractivity contribution in [2.45, 2.75) is 0 Å². The summed E-state index contributed by atoms with van der Waals surface area (Å²) in [5.41, 5.74) is -0.0983. The minimum absolute atomic E-state index is 0.0492. The van der Waals surface area contributed by atoms with Crippen molar-refractivity contribution in [3.8, 4) is 0 Å². The Morgan fingerprint density at radius 2 is 1.21 bits per heavy atom. The highest BCUT2D eigenvalue weighted by Gasteiger charge is 2.23. The minimum Gasteiger partial charge on any atom is -0.287 e. The Hall–Kier alpha value is -1.26. The quantitative estimate of drug-likeness (QED) is 0.679. The van der Waals surface area contributed by atoms with Gasteiger partial charge in [-0.1, -0.05) is 23.2 Å². The number of allylic oxidation sites excluding steroid dienone is 2. The number of aromatic nitrogens is 2. The summed E-state index contributed by atoms with van der Waals surface area (Å²) in [5, 5.41) is -0.163. The molecule has 0 spiro atoms. The molecule has 0 bridgehead atoms. The molecule has 0 unspecified atom stereocenters. The van der Waals surface area contributed by atoms with Crippen molar-refractivity contribution in [3.05, 3.63) is 33.8 Å². The lowest BCUT2D eigenvalue weighted by Crippen LogP contribution is -2.16. The lowest BCUT2D eigenvalue weighted by Gasteiger charge is -2.07. The fourth-order valence-corrected chi connectivity index (χ4v) is 1.30. The summed E-state index contributed by atoms with van der Waals surface area (Å²) in [6.45, 7) is 0. The second-order valence-corrected chi connectivity index (χ2v) is 3.28. The van der Waals surface area contributed by atoms with Gasteiger partial charge in [0.1, 0.15) is 11.4 Å². The van der Waals surface area contributed by atoms with Crippen molar-refractivity contribution in [3.63, 3.8) is 0 Å². The largest absolute Gasteiger partial charge is 0.287 e. The van der Waals surface area contributed by atoms with Gasteiger partial charge in [0.15, 0.2) is 10.3 Å². The molecule has 0 aromatic carbocycles. The van der Waals surface area contributed by atoms with Crippen LogP contribution in [0.2, 0.25) is 10.3 Å². The number of ketones is 2. The molecule has 1 heterocycles. The molecule has 0 saturated carbocycles. The van der Waals surface area contributed by atoms with Gasteiger partial charge in [-0.2, -0.15) is 0 Å². The predicted molar refractivity (Wildman–Crippen MR) is 49.9 cm³/mol. The van der Waals surface area contributed by atoms with Gasteiger partial charge < -0.3 is 0 Å². The predicted octanol–water partition coefficient (Wildman–Crippen LogP) is 1.72. The van der Waals surface area contributed by atoms with Crippen LogP contribution in [0.1, 0.15) is 21.0 Å². The highest BCUT2D eigenvalue weighted by atomic mass is 35.5. The van der Waals surface area contributed by atoms with E-state index in [1.54, 1.807) is 0 Å². The normalized spacial score (nSPS) is 14.4. The maximum Gasteiger partial charge on any atom is 0.206 e. The summed E-state index contributed by atoms with van der Waals surface area (Å²) < 4.78 is 0. The molecule has 1 aliphatic carbocycles. The molecule has 1 aromatic rings. The Morgan fingerprint density at radius 3 is 1.57 bits per heavy atom. The summed E-state index contributed by atoms with van der Waals surface area (Å²) in [7, 11) is 0. The molecule has 2 rings (SSSR count). The van der Waals surface area contributed by atoms with Gasteiger partial charge in [-0.15, -0.1) is 0 Å². The number of hydrogen-bond donors (Lipinski definition) is 0. The number of carbonyl (C=O) groups excluding carboxylic acids is 2. The van der Waals surface area contributed by atoms with Crippen LogP contribution < -0.4 is 0 Å². The zero-order valence-corrected chi connectivity index (χ0v) is 8.13. The van der Waals surface area contributed by atoms with Crippen molar-refractivity contribution in [2.75, 3.05) is 0 Å². The second kappa shape index (κ2) is 3.15. The standard InChI is InChI=1S/C8H2Cl2N2O2/c9-7-8(10)12-6-4(14)2-1-3(13)5(6)11-7/h1-2H. The first kappa shape index (κ1) is 9.30. The van der Waals surface area contributed by atoms with E-state index in [0.717, 1.165) is 12.2 Å². The summed E-state index contributed by atoms with van der Waals surface area (Å²) in [4.78, 5) is 29.9. The molecule has 0 radical (unpaired) electrons. The van der Waals surface area contributed by atoms with Crippen LogP contribution in [0, 0.1) is 0 Å². The lowest BCUT2D eigenvalue weighted by molar-refractivity contribution is 0.0986. The van der Waals surface area contributed by atoms with E-state index in [2.05, 4.69) is 9.97 Å². The maximum absolute atomic E-state index is 11.3. The third kappa shape index (κ3) is 1.32. The Balaban J connectivity index is 2.73. The molecule has 6 heteroatoms. The molecule has 0 atom stereocenters. The van der Waals surface area contributed by atoms with E-state index >= 15 is 0 Å². The highest BCUT2D eigenvalue weighted by Crippen LogP contribution is 2.21. The average Bonchev–Trinajstić information content (AvgIpc) is 2.15. The van der Waals surface area contributed by atoms with E-state index in [-0.39, 0.29) is 21.7 Å². The summed E-state index contributed by atoms with van der Waals surface area (Å²) in [6.07, 6.45) is 2.26. The number of halogens is 2. The van der Waals surface area contributed by atoms with Gasteiger partial charge in [-0.25, -0.2) is 9.97 Å². The van der Waals surface area contributed by atoms with E-state index in [4.69, 9.17) is 23.2 Å². The summed E-state index contributed by atoms with van der Waals surface area (Å²) in [5.74, 6) is -0.795. The third-order valence-corrected chi connectivity index (χ3v) is 2.29. The first-order valence-electron chi connectivity index (χ1n) is 3.59. The molecular weight excluding hydrogens is 227 g/mol. The maximum atomic E-state index is 11.3. The number of rotatable bonds is 0. The van der Waals surface area contributed by atoms with Crippen molar-refractivity contribution >= 4 is 34.8 Å². The number of nitrogens with zero attached hydrogens (tertiary/aromatic N) is 2. The zero-order chi connectivity index (χ0) is 10.3. The van der Waals surface area contributed by atoms with Crippen molar-refractivity contribution in [1.29, 1.82) is 0 Å². The topological polar surface area (TPSA) is 59.9 Å². The van der Waals surface area contributed by atoms with E-state index in [0.29, 0.717) is 0 Å². The highest BCUT2D eigenvalue weighted by molar-refractivity contribution is 6.40. The molecule has 0 saturated heterocycles. The number of hydrogen-bond acceptors (Lipinski definition) is 4. The molecule has 0 N–H and O–H groups in total. The van der Waals surface area contributed by atoms with Crippen LogP contribution in [-0.4, -0.2) is 21.5 Å². The Bertz CT molecular complexity index is 439. The molecule has 70 valence electrons. The Morgan fingerprint density at radius 1 is 0.857 bits per heavy atom. The van der Waals surface area contributed by atoms with Crippen molar-refractivity contribution < 1.29 is 9.59 Å². The molecule has 4 nitrogen and oxygen atoms in total. The summed E-state index contributed by atoms with van der Waals surface area (Å²) >= 11 is 11.1. The van der Waals surface area contributed by atoms with E-state index in [9.17, 15) is 9.59 Å². The fourth-order valence-electron chi connectivity index (χ4n) is 1.05. The minimum atomic E-state index is -0.398. The van der Waals surface area contributed by atoms with Crippen LogP contribution in [-0.2, 0) is 0 Å². The van der Waals surface area contributed by atoms with Gasteiger partial charge in [0.25, 0.3) is 0 Å². The molecular formula is C8H2Cl2N2O2. The molecule has 14 heavy (non-hydrogen) atoms.